The Morgan fingerprint density at radius 1 is 0.260 bits per heavy atom. The maximum absolute atomic E-state index is 11.2. The fourth-order valence-electron chi connectivity index (χ4n) is 7.66. The van der Waals surface area contributed by atoms with Gasteiger partial charge < -0.3 is 175 Å². The minimum atomic E-state index is -2.84. The Balaban J connectivity index is 2.17. The Morgan fingerprint density at radius 3 is 0.935 bits per heavy atom. The number of aliphatic hydroxyl groups is 26. The predicted molar refractivity (Wildman–Crippen MR) is 239 cm³/mol. The van der Waals surface area contributed by atoms with Crippen LogP contribution in [-0.2, 0) is 42.6 Å². The zero-order valence-corrected chi connectivity index (χ0v) is 40.5. The maximum atomic E-state index is 11.2. The third kappa shape index (κ3) is 17.4. The zero-order chi connectivity index (χ0) is 58.2. The highest BCUT2D eigenvalue weighted by Crippen LogP contribution is 2.33. The van der Waals surface area contributed by atoms with E-state index < -0.39 is 260 Å². The van der Waals surface area contributed by atoms with Crippen LogP contribution in [0.1, 0.15) is 32.1 Å². The molecule has 35 nitrogen and oxygen atoms in total. The van der Waals surface area contributed by atoms with E-state index in [2.05, 4.69) is 0 Å². The van der Waals surface area contributed by atoms with Gasteiger partial charge in [0, 0.05) is 58.7 Å². The summed E-state index contributed by atoms with van der Waals surface area (Å²) in [5, 5.41) is 275. The molecular weight excluding hydrogens is 1060 g/mol. The zero-order valence-electron chi connectivity index (χ0n) is 40.5. The molecular formula is C42H72O35. The second-order valence-electron chi connectivity index (χ2n) is 17.2. The van der Waals surface area contributed by atoms with Gasteiger partial charge in [0.1, 0.15) is 85.5 Å². The first kappa shape index (κ1) is 67.6. The second-order valence-corrected chi connectivity index (χ2v) is 17.2. The third-order valence-electron chi connectivity index (χ3n) is 11.9. The summed E-state index contributed by atoms with van der Waals surface area (Å²) in [6, 6.07) is 0. The first-order valence-electron chi connectivity index (χ1n) is 23.4. The fraction of sp³-hybridized carbons (Fsp3) is 0.810. The molecule has 0 aromatic carbocycles. The standard InChI is InChI=1S/C42H72O35/c43-6-1-13-20(50)27(57)36(64)70-14(2-7-44)21(51)29(59)38(66)72-16(4-9-46)23(53)31(61)40(68)76-34-18(11-48)75-42(33(63)25(34)55)77-35-19(12-49)74-41(32(62)26(35)56)73-17(5-10-47)24(54)30(60)39(67)71-15(3-8-45)22(52)28(58)37(65)69-13/h13-19,21,25-26,29,32-68H,1-12H2/b27-20+,28-22+,30-24-,31-23?. The molecule has 77 heavy (non-hydrogen) atoms. The Labute approximate surface area is 435 Å². The van der Waals surface area contributed by atoms with Gasteiger partial charge in [-0.1, -0.05) is 0 Å². The molecule has 4 bridgehead atoms. The Kier molecular flexibility index (Phi) is 28.0. The number of rotatable bonds is 12. The van der Waals surface area contributed by atoms with Crippen molar-refractivity contribution in [1.82, 2.24) is 0 Å². The average molecular weight is 1140 g/mol. The number of hydrogen-bond acceptors (Lipinski definition) is 35. The van der Waals surface area contributed by atoms with Gasteiger partial charge in [-0.2, -0.15) is 0 Å². The van der Waals surface area contributed by atoms with Crippen LogP contribution in [-0.4, -0.2) is 315 Å². The van der Waals surface area contributed by atoms with Crippen LogP contribution in [0.4, 0.5) is 0 Å². The van der Waals surface area contributed by atoms with E-state index in [-0.39, 0.29) is 0 Å². The molecule has 0 aromatic heterocycles. The van der Waals surface area contributed by atoms with Crippen molar-refractivity contribution in [3.05, 3.63) is 46.1 Å². The summed E-state index contributed by atoms with van der Waals surface area (Å²) in [5.41, 5.74) is 0. The number of aliphatic hydroxyl groups excluding tert-OH is 26. The summed E-state index contributed by atoms with van der Waals surface area (Å²) < 4.78 is 47.5. The molecule has 5 aliphatic heterocycles. The van der Waals surface area contributed by atoms with E-state index in [1.807, 2.05) is 0 Å². The lowest BCUT2D eigenvalue weighted by Gasteiger charge is -2.47. The number of ether oxygens (including phenoxy) is 9. The Hall–Kier alpha value is -3.72. The summed E-state index contributed by atoms with van der Waals surface area (Å²) in [5.74, 6) is -12.5. The monoisotopic (exact) mass is 1140 g/mol. The van der Waals surface area contributed by atoms with Crippen LogP contribution in [0, 0.1) is 0 Å². The molecule has 26 N–H and O–H groups in total. The highest BCUT2D eigenvalue weighted by molar-refractivity contribution is 5.13. The molecule has 5 heterocycles. The van der Waals surface area contributed by atoms with Gasteiger partial charge in [0.05, 0.1) is 19.3 Å². The van der Waals surface area contributed by atoms with Crippen molar-refractivity contribution in [3.63, 3.8) is 0 Å². The summed E-state index contributed by atoms with van der Waals surface area (Å²) in [6.45, 7) is -7.03. The number of fused-ring (bicyclic) bond motifs is 2. The van der Waals surface area contributed by atoms with E-state index in [1.54, 1.807) is 0 Å². The lowest BCUT2D eigenvalue weighted by atomic mass is 9.96. The van der Waals surface area contributed by atoms with E-state index in [9.17, 15) is 133 Å². The smallest absolute Gasteiger partial charge is 0.218 e. The van der Waals surface area contributed by atoms with Crippen LogP contribution in [0.15, 0.2) is 46.1 Å². The average Bonchev–Trinajstić information content (AvgIpc) is 3.41. The SMILES string of the molecule is OCCC1OC(O)C(O)C(O)C(CCO)OC(O)/C(O)=C(\O)C(CCO)OC(O)/C(O)=C(\O)C(CCO)OC(O)/C(O)=C(/O)C(CCO)OC2OC(CO)C(OC3OC(CO)C(OC(O)C(O)=C1O)C(O)C3O)C(O)C2O. The van der Waals surface area contributed by atoms with Crippen molar-refractivity contribution in [3.8, 4) is 0 Å². The number of hydrogen-bond donors (Lipinski definition) is 26. The molecule has 0 spiro atoms. The molecule has 22 unspecified atom stereocenters. The largest absolute Gasteiger partial charge is 0.506 e. The van der Waals surface area contributed by atoms with E-state index in [0.717, 1.165) is 0 Å². The molecule has 0 amide bonds. The van der Waals surface area contributed by atoms with Gasteiger partial charge in [0.15, 0.2) is 64.9 Å². The lowest BCUT2D eigenvalue weighted by Crippen LogP contribution is -2.65. The van der Waals surface area contributed by atoms with E-state index in [4.69, 9.17) is 42.6 Å². The van der Waals surface area contributed by atoms with E-state index in [1.165, 1.54) is 0 Å². The van der Waals surface area contributed by atoms with E-state index in [0.29, 0.717) is 0 Å². The normalized spacial score (nSPS) is 43.0. The van der Waals surface area contributed by atoms with E-state index >= 15 is 0 Å². The van der Waals surface area contributed by atoms with Gasteiger partial charge in [-0.25, -0.2) is 0 Å². The van der Waals surface area contributed by atoms with Crippen molar-refractivity contribution in [2.75, 3.05) is 46.2 Å². The third-order valence-corrected chi connectivity index (χ3v) is 11.9. The molecule has 0 aliphatic carbocycles. The fourth-order valence-corrected chi connectivity index (χ4v) is 7.66. The minimum Gasteiger partial charge on any atom is -0.506 e. The molecule has 2 saturated heterocycles. The molecule has 0 aromatic rings. The van der Waals surface area contributed by atoms with Crippen LogP contribution >= 0.6 is 0 Å². The lowest BCUT2D eigenvalue weighted by molar-refractivity contribution is -0.368. The highest BCUT2D eigenvalue weighted by Gasteiger charge is 2.53. The summed E-state index contributed by atoms with van der Waals surface area (Å²) in [4.78, 5) is 0. The van der Waals surface area contributed by atoms with Crippen LogP contribution in [0.3, 0.4) is 0 Å². The summed E-state index contributed by atoms with van der Waals surface area (Å²) >= 11 is 0. The molecule has 5 aliphatic rings. The molecule has 22 atom stereocenters. The molecule has 0 radical (unpaired) electrons. The quantitative estimate of drug-likeness (QED) is 0.0863. The minimum absolute atomic E-state index is 0.734. The second kappa shape index (κ2) is 31.9. The van der Waals surface area contributed by atoms with Gasteiger partial charge in [0.2, 0.25) is 25.2 Å². The first-order chi connectivity index (χ1) is 36.3. The van der Waals surface area contributed by atoms with Gasteiger partial charge in [-0.05, 0) is 6.42 Å². The summed E-state index contributed by atoms with van der Waals surface area (Å²) in [6.07, 6.45) is -55.1. The maximum Gasteiger partial charge on any atom is 0.218 e. The molecule has 450 valence electrons. The Bertz CT molecular complexity index is 1880. The van der Waals surface area contributed by atoms with Gasteiger partial charge in [0.25, 0.3) is 0 Å². The molecule has 2 fully saturated rings. The van der Waals surface area contributed by atoms with Crippen LogP contribution in [0.5, 0.6) is 0 Å². The van der Waals surface area contributed by atoms with Crippen molar-refractivity contribution in [2.45, 2.75) is 168 Å². The van der Waals surface area contributed by atoms with Gasteiger partial charge in [-0.3, -0.25) is 0 Å². The molecule has 5 rings (SSSR count). The molecule has 35 heteroatoms. The van der Waals surface area contributed by atoms with Gasteiger partial charge in [-0.15, -0.1) is 0 Å². The Morgan fingerprint density at radius 2 is 0.571 bits per heavy atom. The van der Waals surface area contributed by atoms with Crippen LogP contribution in [0.2, 0.25) is 0 Å². The van der Waals surface area contributed by atoms with Crippen molar-refractivity contribution < 1.29 is 175 Å². The first-order valence-corrected chi connectivity index (χ1v) is 23.4. The highest BCUT2D eigenvalue weighted by atomic mass is 16.8. The van der Waals surface area contributed by atoms with Crippen molar-refractivity contribution in [2.24, 2.45) is 0 Å². The van der Waals surface area contributed by atoms with Crippen molar-refractivity contribution >= 4 is 0 Å². The van der Waals surface area contributed by atoms with Crippen LogP contribution < -0.4 is 0 Å². The molecule has 0 saturated carbocycles. The summed E-state index contributed by atoms with van der Waals surface area (Å²) in [7, 11) is 0. The van der Waals surface area contributed by atoms with Gasteiger partial charge >= 0.3 is 0 Å². The topological polar surface area (TPSA) is 609 Å². The predicted octanol–water partition coefficient (Wildman–Crippen LogP) is -8.89. The van der Waals surface area contributed by atoms with Crippen molar-refractivity contribution in [1.29, 1.82) is 0 Å². The van der Waals surface area contributed by atoms with Crippen LogP contribution in [0.25, 0.3) is 0 Å².